The van der Waals surface area contributed by atoms with Crippen LogP contribution in [0.25, 0.3) is 11.5 Å². The molecule has 78 valence electrons. The molecule has 2 nitrogen and oxygen atoms in total. The lowest BCUT2D eigenvalue weighted by Gasteiger charge is -2.07. The first-order chi connectivity index (χ1) is 7.24. The van der Waals surface area contributed by atoms with Crippen molar-refractivity contribution in [2.24, 2.45) is 0 Å². The van der Waals surface area contributed by atoms with Crippen molar-refractivity contribution < 1.29 is 4.42 Å². The molecular weight excluding hydrogens is 254 g/mol. The Morgan fingerprint density at radius 3 is 3.00 bits per heavy atom. The van der Waals surface area contributed by atoms with Gasteiger partial charge in [-0.2, -0.15) is 0 Å². The summed E-state index contributed by atoms with van der Waals surface area (Å²) in [5.74, 6) is 0.872. The summed E-state index contributed by atoms with van der Waals surface area (Å²) >= 11 is 3.54. The van der Waals surface area contributed by atoms with Crippen molar-refractivity contribution >= 4 is 15.9 Å². The molecule has 0 aromatic carbocycles. The van der Waals surface area contributed by atoms with Crippen molar-refractivity contribution in [3.8, 4) is 11.5 Å². The number of nitrogens with zero attached hydrogens (tertiary/aromatic N) is 1. The normalized spacial score (nSPS) is 10.5. The lowest BCUT2D eigenvalue weighted by Crippen LogP contribution is -1.99. The standard InChI is InChI=1S/C12H12BrNO/c1-3-6-14-9(2)8-10(13)12(14)11-5-4-7-15-11/h3-5,7-8H,1,6H2,2H3. The zero-order valence-electron chi connectivity index (χ0n) is 8.53. The molecule has 2 rings (SSSR count). The summed E-state index contributed by atoms with van der Waals surface area (Å²) in [6, 6.07) is 5.93. The van der Waals surface area contributed by atoms with Crippen molar-refractivity contribution in [2.75, 3.05) is 0 Å². The summed E-state index contributed by atoms with van der Waals surface area (Å²) in [5.41, 5.74) is 2.26. The molecular formula is C12H12BrNO. The number of aryl methyl sites for hydroxylation is 1. The summed E-state index contributed by atoms with van der Waals surface area (Å²) in [7, 11) is 0. The van der Waals surface area contributed by atoms with Crippen LogP contribution in [0.5, 0.6) is 0 Å². The molecule has 15 heavy (non-hydrogen) atoms. The maximum Gasteiger partial charge on any atom is 0.151 e. The fourth-order valence-corrected chi connectivity index (χ4v) is 2.40. The minimum atomic E-state index is 0.785. The van der Waals surface area contributed by atoms with Gasteiger partial charge in [0.05, 0.1) is 12.0 Å². The average Bonchev–Trinajstić information content (AvgIpc) is 2.77. The number of halogens is 1. The molecule has 0 aliphatic heterocycles. The topological polar surface area (TPSA) is 18.1 Å². The third-order valence-electron chi connectivity index (χ3n) is 2.32. The van der Waals surface area contributed by atoms with Crippen LogP contribution >= 0.6 is 15.9 Å². The Hall–Kier alpha value is -1.22. The number of rotatable bonds is 3. The van der Waals surface area contributed by atoms with E-state index in [0.717, 1.165) is 22.5 Å². The van der Waals surface area contributed by atoms with Crippen LogP contribution in [-0.2, 0) is 6.54 Å². The van der Waals surface area contributed by atoms with Gasteiger partial charge in [-0.3, -0.25) is 0 Å². The van der Waals surface area contributed by atoms with Crippen molar-refractivity contribution in [3.63, 3.8) is 0 Å². The van der Waals surface area contributed by atoms with Gasteiger partial charge >= 0.3 is 0 Å². The van der Waals surface area contributed by atoms with E-state index in [2.05, 4.69) is 40.1 Å². The highest BCUT2D eigenvalue weighted by atomic mass is 79.9. The Morgan fingerprint density at radius 1 is 1.60 bits per heavy atom. The number of hydrogen-bond donors (Lipinski definition) is 0. The number of allylic oxidation sites excluding steroid dienone is 1. The zero-order valence-corrected chi connectivity index (χ0v) is 10.1. The molecule has 0 aliphatic rings. The minimum Gasteiger partial charge on any atom is -0.463 e. The van der Waals surface area contributed by atoms with E-state index < -0.39 is 0 Å². The van der Waals surface area contributed by atoms with E-state index >= 15 is 0 Å². The van der Waals surface area contributed by atoms with E-state index in [0.29, 0.717) is 0 Å². The number of aromatic nitrogens is 1. The van der Waals surface area contributed by atoms with Gasteiger partial charge < -0.3 is 8.98 Å². The highest BCUT2D eigenvalue weighted by Crippen LogP contribution is 2.31. The fourth-order valence-electron chi connectivity index (χ4n) is 1.66. The van der Waals surface area contributed by atoms with E-state index in [9.17, 15) is 0 Å². The molecule has 0 fully saturated rings. The van der Waals surface area contributed by atoms with Crippen LogP contribution in [0.3, 0.4) is 0 Å². The highest BCUT2D eigenvalue weighted by molar-refractivity contribution is 9.10. The van der Waals surface area contributed by atoms with Crippen LogP contribution in [0.2, 0.25) is 0 Å². The maximum atomic E-state index is 5.42. The lowest BCUT2D eigenvalue weighted by atomic mass is 10.3. The molecule has 0 saturated carbocycles. The van der Waals surface area contributed by atoms with Crippen LogP contribution in [0, 0.1) is 6.92 Å². The molecule has 0 amide bonds. The van der Waals surface area contributed by atoms with Gasteiger partial charge in [-0.05, 0) is 41.1 Å². The van der Waals surface area contributed by atoms with Crippen LogP contribution in [0.1, 0.15) is 5.69 Å². The van der Waals surface area contributed by atoms with Gasteiger partial charge in [0.15, 0.2) is 5.76 Å². The lowest BCUT2D eigenvalue weighted by molar-refractivity contribution is 0.574. The molecule has 2 aromatic heterocycles. The monoisotopic (exact) mass is 265 g/mol. The summed E-state index contributed by atoms with van der Waals surface area (Å²) in [6.45, 7) is 6.62. The molecule has 0 aliphatic carbocycles. The first-order valence-electron chi connectivity index (χ1n) is 4.74. The SMILES string of the molecule is C=CCn1c(C)cc(Br)c1-c1ccco1. The zero-order chi connectivity index (χ0) is 10.8. The van der Waals surface area contributed by atoms with E-state index in [4.69, 9.17) is 4.42 Å². The van der Waals surface area contributed by atoms with Gasteiger partial charge in [-0.1, -0.05) is 6.08 Å². The van der Waals surface area contributed by atoms with Gasteiger partial charge in [0.1, 0.15) is 0 Å². The summed E-state index contributed by atoms with van der Waals surface area (Å²) in [4.78, 5) is 0. The van der Waals surface area contributed by atoms with E-state index in [1.807, 2.05) is 18.2 Å². The van der Waals surface area contributed by atoms with Gasteiger partial charge in [-0.25, -0.2) is 0 Å². The Bertz CT molecular complexity index is 468. The predicted octanol–water partition coefficient (Wildman–Crippen LogP) is 4.01. The quantitative estimate of drug-likeness (QED) is 0.768. The molecule has 0 unspecified atom stereocenters. The van der Waals surface area contributed by atoms with Crippen molar-refractivity contribution in [2.45, 2.75) is 13.5 Å². The first kappa shape index (κ1) is 10.3. The number of furan rings is 1. The summed E-state index contributed by atoms with van der Waals surface area (Å²) in [6.07, 6.45) is 3.56. The van der Waals surface area contributed by atoms with Crippen LogP contribution in [-0.4, -0.2) is 4.57 Å². The largest absolute Gasteiger partial charge is 0.463 e. The van der Waals surface area contributed by atoms with E-state index in [-0.39, 0.29) is 0 Å². The van der Waals surface area contributed by atoms with E-state index in [1.165, 1.54) is 5.69 Å². The molecule has 3 heteroatoms. The third kappa shape index (κ3) is 1.79. The van der Waals surface area contributed by atoms with Crippen molar-refractivity contribution in [3.05, 3.63) is 47.3 Å². The average molecular weight is 266 g/mol. The third-order valence-corrected chi connectivity index (χ3v) is 2.93. The molecule has 0 bridgehead atoms. The van der Waals surface area contributed by atoms with Crippen molar-refractivity contribution in [1.82, 2.24) is 4.57 Å². The Balaban J connectivity index is 2.58. The van der Waals surface area contributed by atoms with E-state index in [1.54, 1.807) is 6.26 Å². The highest BCUT2D eigenvalue weighted by Gasteiger charge is 2.13. The van der Waals surface area contributed by atoms with Crippen LogP contribution in [0.4, 0.5) is 0 Å². The van der Waals surface area contributed by atoms with Gasteiger partial charge in [0.2, 0.25) is 0 Å². The minimum absolute atomic E-state index is 0.785. The molecule has 0 saturated heterocycles. The van der Waals surface area contributed by atoms with Crippen LogP contribution < -0.4 is 0 Å². The second-order valence-electron chi connectivity index (χ2n) is 3.36. The Labute approximate surface area is 97.3 Å². The molecule has 2 aromatic rings. The molecule has 0 radical (unpaired) electrons. The molecule has 0 atom stereocenters. The van der Waals surface area contributed by atoms with Gasteiger partial charge in [0, 0.05) is 16.7 Å². The Kier molecular flexibility index (Phi) is 2.82. The molecule has 0 spiro atoms. The second kappa shape index (κ2) is 4.11. The Morgan fingerprint density at radius 2 is 2.40 bits per heavy atom. The second-order valence-corrected chi connectivity index (χ2v) is 4.21. The summed E-state index contributed by atoms with van der Waals surface area (Å²) in [5, 5.41) is 0. The van der Waals surface area contributed by atoms with Gasteiger partial charge in [0.25, 0.3) is 0 Å². The fraction of sp³-hybridized carbons (Fsp3) is 0.167. The predicted molar refractivity (Wildman–Crippen MR) is 64.8 cm³/mol. The van der Waals surface area contributed by atoms with Crippen LogP contribution in [0.15, 0.2) is 46.0 Å². The maximum absolute atomic E-state index is 5.42. The van der Waals surface area contributed by atoms with Crippen molar-refractivity contribution in [1.29, 1.82) is 0 Å². The summed E-state index contributed by atoms with van der Waals surface area (Å²) < 4.78 is 8.63. The molecule has 0 N–H and O–H groups in total. The smallest absolute Gasteiger partial charge is 0.151 e. The molecule has 2 heterocycles. The number of hydrogen-bond acceptors (Lipinski definition) is 1. The first-order valence-corrected chi connectivity index (χ1v) is 5.53. The van der Waals surface area contributed by atoms with Gasteiger partial charge in [-0.15, -0.1) is 6.58 Å².